The maximum absolute atomic E-state index is 11.0. The third kappa shape index (κ3) is 4.36. The van der Waals surface area contributed by atoms with Crippen LogP contribution in [-0.2, 0) is 4.79 Å². The van der Waals surface area contributed by atoms with E-state index in [1.165, 1.54) is 0 Å². The molecule has 0 spiro atoms. The first-order valence-electron chi connectivity index (χ1n) is 5.77. The van der Waals surface area contributed by atoms with Gasteiger partial charge in [-0.25, -0.2) is 0 Å². The summed E-state index contributed by atoms with van der Waals surface area (Å²) < 4.78 is 0. The molecule has 1 unspecified atom stereocenters. The number of aromatic nitrogens is 1. The van der Waals surface area contributed by atoms with Crippen LogP contribution in [0.4, 0.5) is 0 Å². The van der Waals surface area contributed by atoms with Gasteiger partial charge in [0.2, 0.25) is 0 Å². The van der Waals surface area contributed by atoms with Gasteiger partial charge in [-0.1, -0.05) is 0 Å². The summed E-state index contributed by atoms with van der Waals surface area (Å²) in [5.74, 6) is 0.0629. The van der Waals surface area contributed by atoms with Gasteiger partial charge in [0, 0.05) is 29.1 Å². The molecule has 4 nitrogen and oxygen atoms in total. The molecule has 1 aliphatic carbocycles. The highest BCUT2D eigenvalue weighted by Gasteiger charge is 2.27. The summed E-state index contributed by atoms with van der Waals surface area (Å²) in [6.45, 7) is 0. The average Bonchev–Trinajstić information content (AvgIpc) is 3.13. The van der Waals surface area contributed by atoms with Crippen LogP contribution < -0.4 is 5.32 Å². The first-order valence-corrected chi connectivity index (χ1v) is 6.76. The third-order valence-electron chi connectivity index (χ3n) is 2.64. The Morgan fingerprint density at radius 2 is 2.24 bits per heavy atom. The van der Waals surface area contributed by atoms with Crippen molar-refractivity contribution < 1.29 is 9.90 Å². The maximum Gasteiger partial charge on any atom is 0.320 e. The Morgan fingerprint density at radius 3 is 2.82 bits per heavy atom. The molecule has 1 aromatic heterocycles. The molecule has 0 saturated heterocycles. The number of hydrogen-bond acceptors (Lipinski definition) is 4. The molecule has 5 heteroatoms. The number of aliphatic carboxylic acids is 1. The molecule has 92 valence electrons. The molecule has 2 N–H and O–H groups in total. The van der Waals surface area contributed by atoms with E-state index in [1.54, 1.807) is 24.2 Å². The molecule has 1 heterocycles. The van der Waals surface area contributed by atoms with Crippen molar-refractivity contribution in [2.24, 2.45) is 0 Å². The summed E-state index contributed by atoms with van der Waals surface area (Å²) in [5.41, 5.74) is 0. The molecular formula is C12H16N2O2S. The van der Waals surface area contributed by atoms with Gasteiger partial charge in [-0.2, -0.15) is 0 Å². The van der Waals surface area contributed by atoms with Crippen molar-refractivity contribution in [3.63, 3.8) is 0 Å². The Morgan fingerprint density at radius 1 is 1.53 bits per heavy atom. The highest BCUT2D eigenvalue weighted by Crippen LogP contribution is 2.22. The fourth-order valence-electron chi connectivity index (χ4n) is 1.54. The van der Waals surface area contributed by atoms with E-state index in [2.05, 4.69) is 10.3 Å². The fraction of sp³-hybridized carbons (Fsp3) is 0.500. The predicted molar refractivity (Wildman–Crippen MR) is 67.2 cm³/mol. The predicted octanol–water partition coefficient (Wildman–Crippen LogP) is 1.77. The normalized spacial score (nSPS) is 16.7. The molecule has 1 aliphatic rings. The summed E-state index contributed by atoms with van der Waals surface area (Å²) >= 11 is 1.67. The van der Waals surface area contributed by atoms with Crippen LogP contribution >= 0.6 is 11.8 Å². The van der Waals surface area contributed by atoms with Crippen molar-refractivity contribution in [1.82, 2.24) is 10.3 Å². The van der Waals surface area contributed by atoms with Gasteiger partial charge in [-0.15, -0.1) is 11.8 Å². The minimum Gasteiger partial charge on any atom is -0.480 e. The monoisotopic (exact) mass is 252 g/mol. The van der Waals surface area contributed by atoms with Crippen LogP contribution in [0.2, 0.25) is 0 Å². The third-order valence-corrected chi connectivity index (χ3v) is 3.68. The molecular weight excluding hydrogens is 236 g/mol. The summed E-state index contributed by atoms with van der Waals surface area (Å²) in [6.07, 6.45) is 6.38. The minimum absolute atomic E-state index is 0.406. The van der Waals surface area contributed by atoms with E-state index in [0.29, 0.717) is 12.5 Å². The van der Waals surface area contributed by atoms with Gasteiger partial charge in [0.15, 0.2) is 0 Å². The molecule has 17 heavy (non-hydrogen) atoms. The van der Waals surface area contributed by atoms with Crippen LogP contribution in [0.5, 0.6) is 0 Å². The average molecular weight is 252 g/mol. The van der Waals surface area contributed by atoms with Crippen molar-refractivity contribution in [2.45, 2.75) is 36.2 Å². The second-order valence-electron chi connectivity index (χ2n) is 4.15. The number of hydrogen-bond donors (Lipinski definition) is 2. The minimum atomic E-state index is -0.743. The summed E-state index contributed by atoms with van der Waals surface area (Å²) in [4.78, 5) is 16.1. The Bertz CT molecular complexity index is 368. The van der Waals surface area contributed by atoms with Crippen LogP contribution in [0, 0.1) is 0 Å². The van der Waals surface area contributed by atoms with E-state index in [4.69, 9.17) is 5.11 Å². The molecule has 0 radical (unpaired) electrons. The quantitative estimate of drug-likeness (QED) is 0.724. The lowest BCUT2D eigenvalue weighted by Crippen LogP contribution is -2.38. The van der Waals surface area contributed by atoms with Gasteiger partial charge in [-0.3, -0.25) is 9.78 Å². The van der Waals surface area contributed by atoms with Gasteiger partial charge < -0.3 is 10.4 Å². The van der Waals surface area contributed by atoms with E-state index in [0.717, 1.165) is 23.5 Å². The molecule has 0 amide bonds. The number of thioether (sulfide) groups is 1. The Balaban J connectivity index is 1.73. The molecule has 1 aromatic rings. The van der Waals surface area contributed by atoms with Crippen molar-refractivity contribution in [3.8, 4) is 0 Å². The highest BCUT2D eigenvalue weighted by atomic mass is 32.2. The number of carboxylic acid groups (broad SMARTS) is 1. The first kappa shape index (κ1) is 12.4. The molecule has 0 aliphatic heterocycles. The molecule has 0 aromatic carbocycles. The number of carbonyl (C=O) groups is 1. The lowest BCUT2D eigenvalue weighted by atomic mass is 10.2. The summed E-state index contributed by atoms with van der Waals surface area (Å²) in [5, 5.41) is 12.2. The fourth-order valence-corrected chi connectivity index (χ4v) is 2.45. The molecule has 2 rings (SSSR count). The van der Waals surface area contributed by atoms with Gasteiger partial charge in [-0.05, 0) is 31.4 Å². The lowest BCUT2D eigenvalue weighted by molar-refractivity contribution is -0.139. The van der Waals surface area contributed by atoms with E-state index in [-0.39, 0.29) is 0 Å². The van der Waals surface area contributed by atoms with E-state index in [9.17, 15) is 4.79 Å². The smallest absolute Gasteiger partial charge is 0.320 e. The number of rotatable bonds is 7. The topological polar surface area (TPSA) is 62.2 Å². The van der Waals surface area contributed by atoms with E-state index >= 15 is 0 Å². The number of nitrogens with one attached hydrogen (secondary N) is 1. The Kier molecular flexibility index (Phi) is 4.39. The zero-order chi connectivity index (χ0) is 12.1. The first-order chi connectivity index (χ1) is 8.25. The van der Waals surface area contributed by atoms with Crippen LogP contribution in [0.3, 0.4) is 0 Å². The van der Waals surface area contributed by atoms with Crippen molar-refractivity contribution in [3.05, 3.63) is 24.5 Å². The molecule has 0 bridgehead atoms. The van der Waals surface area contributed by atoms with E-state index in [1.807, 2.05) is 12.1 Å². The van der Waals surface area contributed by atoms with Gasteiger partial charge >= 0.3 is 5.97 Å². The molecule has 1 saturated carbocycles. The highest BCUT2D eigenvalue weighted by molar-refractivity contribution is 7.99. The number of carboxylic acids is 1. The van der Waals surface area contributed by atoms with E-state index < -0.39 is 12.0 Å². The zero-order valence-corrected chi connectivity index (χ0v) is 10.3. The van der Waals surface area contributed by atoms with Crippen LogP contribution in [-0.4, -0.2) is 33.9 Å². The summed E-state index contributed by atoms with van der Waals surface area (Å²) in [6, 6.07) is 3.91. The standard InChI is InChI=1S/C12H16N2O2S/c15-12(16)11(14-9-1-2-9)5-8-17-10-3-6-13-7-4-10/h3-4,6-7,9,11,14H,1-2,5,8H2,(H,15,16). The molecule has 1 fully saturated rings. The van der Waals surface area contributed by atoms with Gasteiger partial charge in [0.25, 0.3) is 0 Å². The second kappa shape index (κ2) is 6.02. The van der Waals surface area contributed by atoms with Crippen LogP contribution in [0.15, 0.2) is 29.4 Å². The Hall–Kier alpha value is -1.07. The van der Waals surface area contributed by atoms with Gasteiger partial charge in [0.1, 0.15) is 6.04 Å². The van der Waals surface area contributed by atoms with Crippen LogP contribution in [0.1, 0.15) is 19.3 Å². The largest absolute Gasteiger partial charge is 0.480 e. The Labute approximate surface area is 105 Å². The zero-order valence-electron chi connectivity index (χ0n) is 9.50. The van der Waals surface area contributed by atoms with Crippen molar-refractivity contribution in [2.75, 3.05) is 5.75 Å². The van der Waals surface area contributed by atoms with Crippen molar-refractivity contribution >= 4 is 17.7 Å². The van der Waals surface area contributed by atoms with Crippen LogP contribution in [0.25, 0.3) is 0 Å². The number of nitrogens with zero attached hydrogens (tertiary/aromatic N) is 1. The lowest BCUT2D eigenvalue weighted by Gasteiger charge is -2.13. The maximum atomic E-state index is 11.0. The molecule has 1 atom stereocenters. The number of pyridine rings is 1. The SMILES string of the molecule is O=C(O)C(CCSc1ccncc1)NC1CC1. The second-order valence-corrected chi connectivity index (χ2v) is 5.32. The van der Waals surface area contributed by atoms with Crippen molar-refractivity contribution in [1.29, 1.82) is 0 Å². The summed E-state index contributed by atoms with van der Waals surface area (Å²) in [7, 11) is 0. The van der Waals surface area contributed by atoms with Gasteiger partial charge in [0.05, 0.1) is 0 Å².